The van der Waals surface area contributed by atoms with Gasteiger partial charge in [-0.25, -0.2) is 0 Å². The van der Waals surface area contributed by atoms with Gasteiger partial charge >= 0.3 is 0 Å². The van der Waals surface area contributed by atoms with Crippen molar-refractivity contribution in [2.45, 2.75) is 32.4 Å². The first-order valence-corrected chi connectivity index (χ1v) is 10.0. The predicted octanol–water partition coefficient (Wildman–Crippen LogP) is 2.76. The Hall–Kier alpha value is -1.81. The van der Waals surface area contributed by atoms with Gasteiger partial charge in [-0.2, -0.15) is 0 Å². The minimum absolute atomic E-state index is 0. The molecule has 0 bridgehead atoms. The topological polar surface area (TPSA) is 70.3 Å². The van der Waals surface area contributed by atoms with E-state index in [1.165, 1.54) is 0 Å². The fourth-order valence-corrected chi connectivity index (χ4v) is 4.00. The number of rotatable bonds is 3. The highest BCUT2D eigenvalue weighted by Crippen LogP contribution is 2.24. The molecule has 2 fully saturated rings. The number of aryl methyl sites for hydroxylation is 1. The second-order valence-corrected chi connectivity index (χ2v) is 7.36. The SMILES string of the molecule is CN=C(NCc1oc2ccccc2c1C)N1CCN(C(=O)C2CCCO2)CC1.I. The number of guanidine groups is 1. The molecule has 0 radical (unpaired) electrons. The first-order valence-electron chi connectivity index (χ1n) is 10.0. The Balaban J connectivity index is 0.00000240. The zero-order valence-corrected chi connectivity index (χ0v) is 19.3. The number of para-hydroxylation sites is 1. The van der Waals surface area contributed by atoms with Crippen LogP contribution in [-0.2, 0) is 16.1 Å². The molecular weight excluding hydrogens is 483 g/mol. The first-order chi connectivity index (χ1) is 13.7. The van der Waals surface area contributed by atoms with E-state index in [0.717, 1.165) is 54.2 Å². The maximum atomic E-state index is 12.5. The third kappa shape index (κ3) is 4.69. The lowest BCUT2D eigenvalue weighted by Crippen LogP contribution is -2.55. The number of ether oxygens (including phenoxy) is 1. The van der Waals surface area contributed by atoms with E-state index in [-0.39, 0.29) is 36.0 Å². The van der Waals surface area contributed by atoms with E-state index < -0.39 is 0 Å². The van der Waals surface area contributed by atoms with Gasteiger partial charge < -0.3 is 24.3 Å². The number of carbonyl (C=O) groups is 1. The van der Waals surface area contributed by atoms with Crippen LogP contribution in [0, 0.1) is 6.92 Å². The largest absolute Gasteiger partial charge is 0.459 e. The molecule has 0 spiro atoms. The van der Waals surface area contributed by atoms with Crippen LogP contribution in [0.2, 0.25) is 0 Å². The first kappa shape index (κ1) is 21.9. The van der Waals surface area contributed by atoms with E-state index in [1.807, 2.05) is 23.1 Å². The Morgan fingerprint density at radius 1 is 1.21 bits per heavy atom. The zero-order valence-electron chi connectivity index (χ0n) is 17.0. The van der Waals surface area contributed by atoms with Crippen molar-refractivity contribution in [1.29, 1.82) is 0 Å². The van der Waals surface area contributed by atoms with E-state index in [4.69, 9.17) is 9.15 Å². The highest BCUT2D eigenvalue weighted by molar-refractivity contribution is 14.0. The second-order valence-electron chi connectivity index (χ2n) is 7.36. The molecule has 8 heteroatoms. The normalized spacial score (nSPS) is 20.1. The number of nitrogens with one attached hydrogen (secondary N) is 1. The van der Waals surface area contributed by atoms with Crippen LogP contribution in [0.25, 0.3) is 11.0 Å². The molecule has 2 aromatic rings. The number of hydrogen-bond donors (Lipinski definition) is 1. The van der Waals surface area contributed by atoms with Gasteiger partial charge in [-0.15, -0.1) is 24.0 Å². The molecule has 1 aromatic carbocycles. The van der Waals surface area contributed by atoms with Crippen LogP contribution >= 0.6 is 24.0 Å². The zero-order chi connectivity index (χ0) is 19.5. The molecule has 1 unspecified atom stereocenters. The van der Waals surface area contributed by atoms with Crippen LogP contribution in [0.5, 0.6) is 0 Å². The Bertz CT molecular complexity index is 868. The summed E-state index contributed by atoms with van der Waals surface area (Å²) in [5.74, 6) is 1.90. The number of halogens is 1. The highest BCUT2D eigenvalue weighted by atomic mass is 127. The lowest BCUT2D eigenvalue weighted by Gasteiger charge is -2.37. The lowest BCUT2D eigenvalue weighted by atomic mass is 10.1. The molecule has 1 N–H and O–H groups in total. The van der Waals surface area contributed by atoms with Crippen LogP contribution in [0.1, 0.15) is 24.2 Å². The third-order valence-electron chi connectivity index (χ3n) is 5.66. The van der Waals surface area contributed by atoms with E-state index in [2.05, 4.69) is 28.2 Å². The number of piperazine rings is 1. The molecule has 0 aliphatic carbocycles. The molecule has 1 atom stereocenters. The van der Waals surface area contributed by atoms with Crippen molar-refractivity contribution in [3.8, 4) is 0 Å². The summed E-state index contributed by atoms with van der Waals surface area (Å²) in [7, 11) is 1.79. The van der Waals surface area contributed by atoms with Gasteiger partial charge in [0.2, 0.25) is 0 Å². The number of carbonyl (C=O) groups excluding carboxylic acids is 1. The number of fused-ring (bicyclic) bond motifs is 1. The number of hydrogen-bond acceptors (Lipinski definition) is 4. The second kappa shape index (κ2) is 9.80. The van der Waals surface area contributed by atoms with Crippen molar-refractivity contribution in [1.82, 2.24) is 15.1 Å². The molecule has 7 nitrogen and oxygen atoms in total. The van der Waals surface area contributed by atoms with E-state index in [0.29, 0.717) is 26.2 Å². The standard InChI is InChI=1S/C21H28N4O3.HI/c1-15-16-6-3-4-7-17(16)28-19(15)14-23-21(22-2)25-11-9-24(10-12-25)20(26)18-8-5-13-27-18;/h3-4,6-7,18H,5,8-14H2,1-2H3,(H,22,23);1H. The summed E-state index contributed by atoms with van der Waals surface area (Å²) < 4.78 is 11.5. The van der Waals surface area contributed by atoms with Gasteiger partial charge in [-0.1, -0.05) is 18.2 Å². The molecule has 2 aliphatic heterocycles. The maximum Gasteiger partial charge on any atom is 0.251 e. The van der Waals surface area contributed by atoms with Crippen LogP contribution in [0.3, 0.4) is 0 Å². The molecular formula is C21H29IN4O3. The van der Waals surface area contributed by atoms with Gasteiger partial charge in [-0.05, 0) is 25.8 Å². The quantitative estimate of drug-likeness (QED) is 0.389. The average Bonchev–Trinajstić information content (AvgIpc) is 3.38. The van der Waals surface area contributed by atoms with Crippen molar-refractivity contribution in [3.63, 3.8) is 0 Å². The van der Waals surface area contributed by atoms with Crippen LogP contribution < -0.4 is 5.32 Å². The number of amides is 1. The van der Waals surface area contributed by atoms with Crippen molar-refractivity contribution in [2.24, 2.45) is 4.99 Å². The van der Waals surface area contributed by atoms with E-state index in [1.54, 1.807) is 7.05 Å². The fraction of sp³-hybridized carbons (Fsp3) is 0.524. The lowest BCUT2D eigenvalue weighted by molar-refractivity contribution is -0.142. The molecule has 0 saturated carbocycles. The third-order valence-corrected chi connectivity index (χ3v) is 5.66. The summed E-state index contributed by atoms with van der Waals surface area (Å²) in [6, 6.07) is 8.08. The molecule has 1 amide bonds. The molecule has 2 aliphatic rings. The monoisotopic (exact) mass is 512 g/mol. The Morgan fingerprint density at radius 2 is 1.93 bits per heavy atom. The Labute approximate surface area is 188 Å². The summed E-state index contributed by atoms with van der Waals surface area (Å²) in [6.45, 7) is 6.29. The predicted molar refractivity (Wildman–Crippen MR) is 124 cm³/mol. The number of nitrogens with zero attached hydrogens (tertiary/aromatic N) is 3. The van der Waals surface area contributed by atoms with Crippen LogP contribution in [0.15, 0.2) is 33.7 Å². The maximum absolute atomic E-state index is 12.5. The molecule has 3 heterocycles. The smallest absolute Gasteiger partial charge is 0.251 e. The number of aliphatic imine (C=N–C) groups is 1. The molecule has 158 valence electrons. The minimum atomic E-state index is -0.236. The average molecular weight is 512 g/mol. The summed E-state index contributed by atoms with van der Waals surface area (Å²) in [5.41, 5.74) is 2.07. The van der Waals surface area contributed by atoms with Crippen molar-refractivity contribution in [3.05, 3.63) is 35.6 Å². The van der Waals surface area contributed by atoms with Gasteiger partial charge in [-0.3, -0.25) is 9.79 Å². The minimum Gasteiger partial charge on any atom is -0.459 e. The van der Waals surface area contributed by atoms with Crippen LogP contribution in [-0.4, -0.2) is 67.6 Å². The number of furan rings is 1. The van der Waals surface area contributed by atoms with Gasteiger partial charge in [0, 0.05) is 50.8 Å². The molecule has 4 rings (SSSR count). The van der Waals surface area contributed by atoms with Crippen LogP contribution in [0.4, 0.5) is 0 Å². The van der Waals surface area contributed by atoms with Gasteiger partial charge in [0.05, 0.1) is 6.54 Å². The van der Waals surface area contributed by atoms with Crippen molar-refractivity contribution < 1.29 is 13.9 Å². The van der Waals surface area contributed by atoms with Crippen molar-refractivity contribution >= 4 is 46.8 Å². The summed E-state index contributed by atoms with van der Waals surface area (Å²) in [4.78, 5) is 21.0. The van der Waals surface area contributed by atoms with E-state index in [9.17, 15) is 4.79 Å². The summed E-state index contributed by atoms with van der Waals surface area (Å²) >= 11 is 0. The van der Waals surface area contributed by atoms with Gasteiger partial charge in [0.25, 0.3) is 5.91 Å². The highest BCUT2D eigenvalue weighted by Gasteiger charge is 2.30. The molecule has 2 saturated heterocycles. The summed E-state index contributed by atoms with van der Waals surface area (Å²) in [6.07, 6.45) is 1.59. The fourth-order valence-electron chi connectivity index (χ4n) is 4.00. The Kier molecular flexibility index (Phi) is 7.39. The Morgan fingerprint density at radius 3 is 2.59 bits per heavy atom. The molecule has 1 aromatic heterocycles. The number of benzene rings is 1. The van der Waals surface area contributed by atoms with Crippen molar-refractivity contribution in [2.75, 3.05) is 39.8 Å². The summed E-state index contributed by atoms with van der Waals surface area (Å²) in [5, 5.41) is 4.56. The molecule has 29 heavy (non-hydrogen) atoms. The van der Waals surface area contributed by atoms with Gasteiger partial charge in [0.1, 0.15) is 17.4 Å². The van der Waals surface area contributed by atoms with E-state index >= 15 is 0 Å². The van der Waals surface area contributed by atoms with Gasteiger partial charge in [0.15, 0.2) is 5.96 Å².